The summed E-state index contributed by atoms with van der Waals surface area (Å²) in [5.41, 5.74) is 5.04. The Balaban J connectivity index is 2.93. The fraction of sp³-hybridized carbons (Fsp3) is 0.417. The number of hydrogen-bond acceptors (Lipinski definition) is 4. The molecule has 5 nitrogen and oxygen atoms in total. The maximum atomic E-state index is 13.0. The lowest BCUT2D eigenvalue weighted by Crippen LogP contribution is -2.41. The molecular formula is C12H15BrF2N2O3. The van der Waals surface area contributed by atoms with Crippen LogP contribution in [0.25, 0.3) is 0 Å². The lowest BCUT2D eigenvalue weighted by molar-refractivity contribution is 0.0118. The molecule has 0 atom stereocenters. The van der Waals surface area contributed by atoms with Crippen molar-refractivity contribution in [2.24, 2.45) is 5.73 Å². The van der Waals surface area contributed by atoms with E-state index >= 15 is 0 Å². The summed E-state index contributed by atoms with van der Waals surface area (Å²) in [6.07, 6.45) is 0. The first-order chi connectivity index (χ1) is 9.34. The van der Waals surface area contributed by atoms with Crippen molar-refractivity contribution in [2.45, 2.75) is 5.92 Å². The number of nitrogens with two attached hydrogens (primary N) is 1. The molecule has 0 spiro atoms. The van der Waals surface area contributed by atoms with E-state index in [4.69, 9.17) is 15.2 Å². The molecule has 0 unspecified atom stereocenters. The van der Waals surface area contributed by atoms with Crippen LogP contribution in [0.5, 0.6) is 11.5 Å². The number of methoxy groups -OCH3 is 2. The maximum Gasteiger partial charge on any atom is 0.277 e. The van der Waals surface area contributed by atoms with Gasteiger partial charge in [-0.05, 0) is 28.1 Å². The van der Waals surface area contributed by atoms with Crippen LogP contribution in [0.1, 0.15) is 10.4 Å². The highest BCUT2D eigenvalue weighted by molar-refractivity contribution is 9.10. The molecule has 0 saturated heterocycles. The largest absolute Gasteiger partial charge is 0.495 e. The molecule has 1 aromatic carbocycles. The van der Waals surface area contributed by atoms with Crippen LogP contribution >= 0.6 is 15.9 Å². The molecule has 0 aliphatic carbocycles. The number of nitrogens with one attached hydrogen (secondary N) is 1. The Kier molecular flexibility index (Phi) is 5.70. The van der Waals surface area contributed by atoms with Crippen molar-refractivity contribution in [3.05, 3.63) is 22.2 Å². The van der Waals surface area contributed by atoms with Crippen LogP contribution in [0.15, 0.2) is 16.6 Å². The molecule has 112 valence electrons. The Hall–Kier alpha value is -1.41. The predicted molar refractivity (Wildman–Crippen MR) is 73.6 cm³/mol. The van der Waals surface area contributed by atoms with E-state index in [1.807, 2.05) is 0 Å². The van der Waals surface area contributed by atoms with Crippen LogP contribution in [0.2, 0.25) is 0 Å². The zero-order valence-electron chi connectivity index (χ0n) is 11.0. The zero-order valence-corrected chi connectivity index (χ0v) is 12.6. The number of ether oxygens (including phenoxy) is 2. The molecule has 0 aliphatic heterocycles. The van der Waals surface area contributed by atoms with Gasteiger partial charge >= 0.3 is 0 Å². The third-order valence-corrected chi connectivity index (χ3v) is 3.30. The highest BCUT2D eigenvalue weighted by Crippen LogP contribution is 2.35. The number of benzene rings is 1. The third-order valence-electron chi connectivity index (χ3n) is 2.51. The topological polar surface area (TPSA) is 73.6 Å². The van der Waals surface area contributed by atoms with E-state index in [0.717, 1.165) is 0 Å². The van der Waals surface area contributed by atoms with Crippen LogP contribution < -0.4 is 20.5 Å². The summed E-state index contributed by atoms with van der Waals surface area (Å²) in [5, 5.41) is 2.12. The summed E-state index contributed by atoms with van der Waals surface area (Å²) in [4.78, 5) is 11.8. The molecule has 8 heteroatoms. The maximum absolute atomic E-state index is 13.0. The SMILES string of the molecule is COc1cc(C(=O)NCC(F)(F)CN)cc(OC)c1Br. The summed E-state index contributed by atoms with van der Waals surface area (Å²) in [7, 11) is 2.84. The van der Waals surface area contributed by atoms with E-state index in [1.165, 1.54) is 26.4 Å². The molecule has 1 aromatic rings. The summed E-state index contributed by atoms with van der Waals surface area (Å²) in [6, 6.07) is 2.84. The molecule has 3 N–H and O–H groups in total. The zero-order chi connectivity index (χ0) is 15.3. The Morgan fingerprint density at radius 1 is 1.35 bits per heavy atom. The smallest absolute Gasteiger partial charge is 0.277 e. The minimum absolute atomic E-state index is 0.148. The molecule has 0 saturated carbocycles. The van der Waals surface area contributed by atoms with Gasteiger partial charge in [-0.1, -0.05) is 0 Å². The average Bonchev–Trinajstić information content (AvgIpc) is 2.45. The van der Waals surface area contributed by atoms with Crippen LogP contribution in [0.4, 0.5) is 8.78 Å². The van der Waals surface area contributed by atoms with Gasteiger partial charge in [0.15, 0.2) is 0 Å². The fourth-order valence-corrected chi connectivity index (χ4v) is 1.94. The van der Waals surface area contributed by atoms with Crippen molar-refractivity contribution in [3.63, 3.8) is 0 Å². The van der Waals surface area contributed by atoms with Crippen LogP contribution in [0.3, 0.4) is 0 Å². The first kappa shape index (κ1) is 16.6. The molecule has 0 bridgehead atoms. The molecule has 0 aromatic heterocycles. The Morgan fingerprint density at radius 3 is 2.25 bits per heavy atom. The van der Waals surface area contributed by atoms with Crippen LogP contribution in [-0.4, -0.2) is 39.1 Å². The second-order valence-electron chi connectivity index (χ2n) is 3.94. The first-order valence-corrected chi connectivity index (χ1v) is 6.41. The molecule has 0 fully saturated rings. The second-order valence-corrected chi connectivity index (χ2v) is 4.73. The number of alkyl halides is 2. The van der Waals surface area contributed by atoms with Gasteiger partial charge in [-0.3, -0.25) is 4.79 Å². The second kappa shape index (κ2) is 6.85. The van der Waals surface area contributed by atoms with Crippen molar-refractivity contribution in [3.8, 4) is 11.5 Å². The van der Waals surface area contributed by atoms with Crippen molar-refractivity contribution in [1.29, 1.82) is 0 Å². The van der Waals surface area contributed by atoms with Gasteiger partial charge in [0, 0.05) is 5.56 Å². The number of hydrogen-bond donors (Lipinski definition) is 2. The number of amides is 1. The van der Waals surface area contributed by atoms with Gasteiger partial charge in [-0.2, -0.15) is 0 Å². The van der Waals surface area contributed by atoms with E-state index in [0.29, 0.717) is 16.0 Å². The number of rotatable bonds is 6. The molecule has 0 heterocycles. The van der Waals surface area contributed by atoms with Crippen molar-refractivity contribution in [1.82, 2.24) is 5.32 Å². The number of halogens is 3. The van der Waals surface area contributed by atoms with Gasteiger partial charge in [-0.25, -0.2) is 8.78 Å². The Morgan fingerprint density at radius 2 is 1.85 bits per heavy atom. The van der Waals surface area contributed by atoms with E-state index in [9.17, 15) is 13.6 Å². The number of carbonyl (C=O) groups excluding carboxylic acids is 1. The van der Waals surface area contributed by atoms with E-state index in [1.54, 1.807) is 0 Å². The average molecular weight is 353 g/mol. The number of carbonyl (C=O) groups is 1. The highest BCUT2D eigenvalue weighted by atomic mass is 79.9. The van der Waals surface area contributed by atoms with E-state index < -0.39 is 24.9 Å². The molecular weight excluding hydrogens is 338 g/mol. The highest BCUT2D eigenvalue weighted by Gasteiger charge is 2.27. The van der Waals surface area contributed by atoms with Crippen LogP contribution in [-0.2, 0) is 0 Å². The molecule has 0 radical (unpaired) electrons. The third kappa shape index (κ3) is 4.04. The van der Waals surface area contributed by atoms with Gasteiger partial charge in [0.05, 0.1) is 27.3 Å². The van der Waals surface area contributed by atoms with E-state index in [-0.39, 0.29) is 5.56 Å². The fourth-order valence-electron chi connectivity index (χ4n) is 1.38. The monoisotopic (exact) mass is 352 g/mol. The minimum Gasteiger partial charge on any atom is -0.495 e. The lowest BCUT2D eigenvalue weighted by atomic mass is 10.2. The molecule has 1 rings (SSSR count). The van der Waals surface area contributed by atoms with Gasteiger partial charge in [-0.15, -0.1) is 0 Å². The van der Waals surface area contributed by atoms with E-state index in [2.05, 4.69) is 21.2 Å². The molecule has 1 amide bonds. The molecule has 0 aliphatic rings. The minimum atomic E-state index is -3.14. The summed E-state index contributed by atoms with van der Waals surface area (Å²) in [6.45, 7) is -1.66. The quantitative estimate of drug-likeness (QED) is 0.818. The standard InChI is InChI=1S/C12H15BrF2N2O3/c1-19-8-3-7(4-9(20-2)10(8)13)11(18)17-6-12(14,15)5-16/h3-4H,5-6,16H2,1-2H3,(H,17,18). The predicted octanol–water partition coefficient (Wildman–Crippen LogP) is 1.79. The van der Waals surface area contributed by atoms with Crippen molar-refractivity contribution >= 4 is 21.8 Å². The first-order valence-electron chi connectivity index (χ1n) is 5.62. The summed E-state index contributed by atoms with van der Waals surface area (Å²) >= 11 is 3.25. The van der Waals surface area contributed by atoms with Gasteiger partial charge in [0.2, 0.25) is 0 Å². The van der Waals surface area contributed by atoms with Gasteiger partial charge < -0.3 is 20.5 Å². The lowest BCUT2D eigenvalue weighted by Gasteiger charge is -2.15. The van der Waals surface area contributed by atoms with Gasteiger partial charge in [0.1, 0.15) is 16.0 Å². The van der Waals surface area contributed by atoms with Gasteiger partial charge in [0.25, 0.3) is 11.8 Å². The Bertz CT molecular complexity index is 473. The molecule has 20 heavy (non-hydrogen) atoms. The summed E-state index contributed by atoms with van der Waals surface area (Å²) < 4.78 is 36.6. The summed E-state index contributed by atoms with van der Waals surface area (Å²) in [5.74, 6) is -3.08. The normalized spacial score (nSPS) is 11.1. The van der Waals surface area contributed by atoms with Crippen molar-refractivity contribution in [2.75, 3.05) is 27.3 Å². The van der Waals surface area contributed by atoms with Crippen LogP contribution in [0, 0.1) is 0 Å². The Labute approximate surface area is 123 Å². The van der Waals surface area contributed by atoms with Crippen molar-refractivity contribution < 1.29 is 23.0 Å².